The zero-order chi connectivity index (χ0) is 32.2. The monoisotopic (exact) mass is 799 g/mol. The number of pyridine rings is 2. The maximum absolute atomic E-state index is 6.14. The van der Waals surface area contributed by atoms with E-state index in [2.05, 4.69) is 128 Å². The van der Waals surface area contributed by atoms with Gasteiger partial charge in [0.1, 0.15) is 5.58 Å². The topological polar surface area (TPSA) is 38.9 Å². The summed E-state index contributed by atoms with van der Waals surface area (Å²) in [5.41, 5.74) is 11.5. The minimum absolute atomic E-state index is 0. The number of rotatable bonds is 5. The van der Waals surface area contributed by atoms with E-state index in [0.717, 1.165) is 50.0 Å². The Bertz CT molecular complexity index is 2280. The van der Waals surface area contributed by atoms with Gasteiger partial charge in [0, 0.05) is 37.9 Å². The van der Waals surface area contributed by atoms with Crippen molar-refractivity contribution in [2.45, 2.75) is 26.2 Å². The van der Waals surface area contributed by atoms with Gasteiger partial charge in [-0.05, 0) is 58.1 Å². The summed E-state index contributed by atoms with van der Waals surface area (Å²) in [4.78, 5) is 9.08. The van der Waals surface area contributed by atoms with Crippen molar-refractivity contribution in [1.29, 1.82) is 0 Å². The predicted molar refractivity (Wildman–Crippen MR) is 193 cm³/mol. The first-order valence-corrected chi connectivity index (χ1v) is 15.8. The Hall–Kier alpha value is -5.15. The van der Waals surface area contributed by atoms with Crippen LogP contribution in [0, 0.1) is 19.1 Å². The summed E-state index contributed by atoms with van der Waals surface area (Å²) in [5.74, 6) is 0. The number of hydrogen-bond acceptors (Lipinski definition) is 3. The molecule has 0 saturated heterocycles. The van der Waals surface area contributed by atoms with Gasteiger partial charge in [-0.25, -0.2) is 0 Å². The third-order valence-corrected chi connectivity index (χ3v) is 8.74. The van der Waals surface area contributed by atoms with Crippen molar-refractivity contribution >= 4 is 21.9 Å². The molecule has 8 aromatic rings. The molecule has 0 saturated carbocycles. The van der Waals surface area contributed by atoms with Crippen LogP contribution < -0.4 is 0 Å². The summed E-state index contributed by atoms with van der Waals surface area (Å²) in [5, 5.41) is 2.21. The summed E-state index contributed by atoms with van der Waals surface area (Å²) >= 11 is 0. The van der Waals surface area contributed by atoms with Crippen molar-refractivity contribution < 1.29 is 24.5 Å². The Morgan fingerprint density at radius 1 is 0.625 bits per heavy atom. The Morgan fingerprint density at radius 3 is 2.10 bits per heavy atom. The fourth-order valence-corrected chi connectivity index (χ4v) is 6.02. The SMILES string of the molecule is CC(C)(c1ccccc1)c1cc[c-]c(-c2ccccn2)c1.Cc1cnc(-c2[c-]ccc3c2oc2ccccc23)cc1-c1ccccc1.[Ir]. The molecule has 3 heterocycles. The summed E-state index contributed by atoms with van der Waals surface area (Å²) in [7, 11) is 0. The molecular weight excluding hydrogens is 765 g/mol. The van der Waals surface area contributed by atoms with Gasteiger partial charge >= 0.3 is 0 Å². The summed E-state index contributed by atoms with van der Waals surface area (Å²) in [6, 6.07) is 54.1. The molecule has 0 aliphatic rings. The van der Waals surface area contributed by atoms with Gasteiger partial charge in [-0.2, -0.15) is 0 Å². The Kier molecular flexibility index (Phi) is 9.77. The molecule has 0 atom stereocenters. The molecule has 0 spiro atoms. The second-order valence-corrected chi connectivity index (χ2v) is 12.1. The van der Waals surface area contributed by atoms with Crippen LogP contribution in [0.4, 0.5) is 0 Å². The number of nitrogens with zero attached hydrogens (tertiary/aromatic N) is 2. The van der Waals surface area contributed by atoms with E-state index in [0.29, 0.717) is 0 Å². The smallest absolute Gasteiger partial charge is 0.120 e. The van der Waals surface area contributed by atoms with E-state index in [9.17, 15) is 0 Å². The van der Waals surface area contributed by atoms with Gasteiger partial charge in [0.05, 0.1) is 5.58 Å². The van der Waals surface area contributed by atoms with Gasteiger partial charge in [-0.15, -0.1) is 53.6 Å². The van der Waals surface area contributed by atoms with Crippen LogP contribution in [0.3, 0.4) is 0 Å². The van der Waals surface area contributed by atoms with Gasteiger partial charge < -0.3 is 14.4 Å². The van der Waals surface area contributed by atoms with Gasteiger partial charge in [0.15, 0.2) is 0 Å². The van der Waals surface area contributed by atoms with Crippen LogP contribution in [0.15, 0.2) is 156 Å². The van der Waals surface area contributed by atoms with Gasteiger partial charge in [-0.1, -0.05) is 122 Å². The molecule has 4 heteroatoms. The summed E-state index contributed by atoms with van der Waals surface area (Å²) in [6.07, 6.45) is 3.74. The Morgan fingerprint density at radius 2 is 1.33 bits per heavy atom. The Balaban J connectivity index is 0.000000168. The minimum Gasteiger partial charge on any atom is -0.501 e. The second kappa shape index (κ2) is 14.3. The number of para-hydroxylation sites is 1. The number of aryl methyl sites for hydroxylation is 1. The van der Waals surface area contributed by atoms with Gasteiger partial charge in [0.25, 0.3) is 0 Å². The largest absolute Gasteiger partial charge is 0.501 e. The van der Waals surface area contributed by atoms with Crippen LogP contribution >= 0.6 is 0 Å². The van der Waals surface area contributed by atoms with Crippen LogP contribution in [0.5, 0.6) is 0 Å². The van der Waals surface area contributed by atoms with E-state index in [1.807, 2.05) is 67.0 Å². The molecule has 0 unspecified atom stereocenters. The van der Waals surface area contributed by atoms with E-state index in [1.54, 1.807) is 0 Å². The maximum Gasteiger partial charge on any atom is 0.120 e. The molecule has 3 aromatic heterocycles. The minimum atomic E-state index is -0.0418. The van der Waals surface area contributed by atoms with Crippen molar-refractivity contribution in [2.75, 3.05) is 0 Å². The predicted octanol–water partition coefficient (Wildman–Crippen LogP) is 11.3. The average Bonchev–Trinajstić information content (AvgIpc) is 3.52. The average molecular weight is 799 g/mol. The number of benzene rings is 5. The number of aromatic nitrogens is 2. The van der Waals surface area contributed by atoms with E-state index < -0.39 is 0 Å². The standard InChI is InChI=1S/C24H16NO.C20H18N.Ir/c1-16-15-25-22(14-21(16)17-8-3-2-4-9-17)20-12-7-11-19-18-10-5-6-13-23(18)26-24(19)20;1-20(2,17-10-4-3-5-11-17)18-12-8-9-16(15-18)19-13-6-7-14-21-19;/h2-11,13-15H,1H3;3-8,10-15H,1-2H3;/q2*-1;. The van der Waals surface area contributed by atoms with Crippen molar-refractivity contribution in [2.24, 2.45) is 0 Å². The molecule has 0 amide bonds. The molecule has 237 valence electrons. The molecule has 0 N–H and O–H groups in total. The number of fused-ring (bicyclic) bond motifs is 3. The molecular formula is C44H34IrN2O-2. The molecule has 8 rings (SSSR count). The first-order chi connectivity index (χ1) is 23.0. The third-order valence-electron chi connectivity index (χ3n) is 8.74. The maximum atomic E-state index is 6.14. The van der Waals surface area contributed by atoms with Gasteiger partial charge in [-0.3, -0.25) is 0 Å². The molecule has 5 aromatic carbocycles. The van der Waals surface area contributed by atoms with Crippen LogP contribution in [-0.4, -0.2) is 9.97 Å². The summed E-state index contributed by atoms with van der Waals surface area (Å²) in [6.45, 7) is 6.59. The van der Waals surface area contributed by atoms with Crippen molar-refractivity contribution in [3.05, 3.63) is 181 Å². The van der Waals surface area contributed by atoms with Crippen molar-refractivity contribution in [3.63, 3.8) is 0 Å². The Labute approximate surface area is 295 Å². The second-order valence-electron chi connectivity index (χ2n) is 12.1. The third kappa shape index (κ3) is 6.64. The van der Waals surface area contributed by atoms with Crippen molar-refractivity contribution in [1.82, 2.24) is 9.97 Å². The molecule has 3 nitrogen and oxygen atoms in total. The zero-order valence-corrected chi connectivity index (χ0v) is 29.5. The molecule has 1 radical (unpaired) electrons. The number of hydrogen-bond donors (Lipinski definition) is 0. The van der Waals surface area contributed by atoms with E-state index >= 15 is 0 Å². The molecule has 0 aliphatic carbocycles. The summed E-state index contributed by atoms with van der Waals surface area (Å²) < 4.78 is 6.14. The quantitative estimate of drug-likeness (QED) is 0.163. The fraction of sp³-hybridized carbons (Fsp3) is 0.0909. The van der Waals surface area contributed by atoms with E-state index in [4.69, 9.17) is 4.42 Å². The fourth-order valence-electron chi connectivity index (χ4n) is 6.02. The first-order valence-electron chi connectivity index (χ1n) is 15.8. The first kappa shape index (κ1) is 32.8. The van der Waals surface area contributed by atoms with Gasteiger partial charge in [0.2, 0.25) is 0 Å². The number of furan rings is 1. The molecule has 0 aliphatic heterocycles. The molecule has 0 bridgehead atoms. The van der Waals surface area contributed by atoms with E-state index in [-0.39, 0.29) is 25.5 Å². The zero-order valence-electron chi connectivity index (χ0n) is 27.1. The van der Waals surface area contributed by atoms with E-state index in [1.165, 1.54) is 22.3 Å². The normalized spacial score (nSPS) is 11.1. The van der Waals surface area contributed by atoms with Crippen molar-refractivity contribution in [3.8, 4) is 33.6 Å². The van der Waals surface area contributed by atoms with Crippen LogP contribution in [0.1, 0.15) is 30.5 Å². The van der Waals surface area contributed by atoms with Crippen LogP contribution in [-0.2, 0) is 25.5 Å². The van der Waals surface area contributed by atoms with Crippen LogP contribution in [0.25, 0.3) is 55.6 Å². The molecule has 0 fully saturated rings. The van der Waals surface area contributed by atoms with Crippen LogP contribution in [0.2, 0.25) is 0 Å². The molecule has 48 heavy (non-hydrogen) atoms.